The highest BCUT2D eigenvalue weighted by molar-refractivity contribution is 7.99. The highest BCUT2D eigenvalue weighted by Gasteiger charge is 2.26. The Hall–Kier alpha value is -1.51. The number of rotatable bonds is 4. The first-order valence-corrected chi connectivity index (χ1v) is 8.09. The van der Waals surface area contributed by atoms with Crippen LogP contribution in [-0.2, 0) is 11.3 Å². The molecule has 120 valence electrons. The molecule has 0 aromatic heterocycles. The van der Waals surface area contributed by atoms with Crippen molar-refractivity contribution < 1.29 is 14.3 Å². The molecule has 4 N–H and O–H groups in total. The molecule has 2 aliphatic heterocycles. The number of halogens is 1. The molecule has 22 heavy (non-hydrogen) atoms. The number of hydrogen-bond acceptors (Lipinski definition) is 6. The summed E-state index contributed by atoms with van der Waals surface area (Å²) < 4.78 is 18.2. The molecule has 0 radical (unpaired) electrons. The predicted molar refractivity (Wildman–Crippen MR) is 83.9 cm³/mol. The molecule has 1 amide bonds. The van der Waals surface area contributed by atoms with E-state index in [1.165, 1.54) is 10.4 Å². The van der Waals surface area contributed by atoms with Crippen LogP contribution in [0.15, 0.2) is 12.1 Å². The van der Waals surface area contributed by atoms with E-state index in [-0.39, 0.29) is 23.9 Å². The fraction of sp³-hybridized carbons (Fsp3) is 0.500. The first-order chi connectivity index (χ1) is 10.6. The van der Waals surface area contributed by atoms with Gasteiger partial charge < -0.3 is 15.7 Å². The molecule has 2 saturated heterocycles. The van der Waals surface area contributed by atoms with Crippen LogP contribution in [0.5, 0.6) is 5.75 Å². The molecule has 3 rings (SSSR count). The lowest BCUT2D eigenvalue weighted by Gasteiger charge is -2.24. The maximum Gasteiger partial charge on any atom is 0.251 e. The van der Waals surface area contributed by atoms with Gasteiger partial charge >= 0.3 is 0 Å². The Labute approximate surface area is 132 Å². The van der Waals surface area contributed by atoms with Gasteiger partial charge in [-0.3, -0.25) is 13.8 Å². The molecule has 0 spiro atoms. The number of carbonyl (C=O) groups is 1. The van der Waals surface area contributed by atoms with Crippen molar-refractivity contribution in [2.45, 2.75) is 25.4 Å². The lowest BCUT2D eigenvalue weighted by atomic mass is 10.1. The summed E-state index contributed by atoms with van der Waals surface area (Å²) in [5, 5.41) is 16.8. The number of hydrogen-bond donors (Lipinski definition) is 4. The Balaban J connectivity index is 1.67. The van der Waals surface area contributed by atoms with Crippen molar-refractivity contribution in [2.24, 2.45) is 0 Å². The van der Waals surface area contributed by atoms with Crippen LogP contribution >= 0.6 is 12.1 Å². The summed E-state index contributed by atoms with van der Waals surface area (Å²) in [6, 6.07) is 3.38. The van der Waals surface area contributed by atoms with Crippen LogP contribution in [0.4, 0.5) is 10.1 Å². The van der Waals surface area contributed by atoms with Crippen molar-refractivity contribution in [3.63, 3.8) is 0 Å². The standard InChI is InChI=1S/C14H19FN4O2S/c15-11-5-9(7-17-10-1-3-16-4-2-10)6-12(20)14(11)19-8-13(21)18-22-19/h5-6,10,16-17,20H,1-4,7-8H2,(H,18,21). The minimum absolute atomic E-state index is 0.0296. The van der Waals surface area contributed by atoms with E-state index < -0.39 is 5.82 Å². The van der Waals surface area contributed by atoms with Crippen LogP contribution in [0.2, 0.25) is 0 Å². The van der Waals surface area contributed by atoms with Gasteiger partial charge in [-0.25, -0.2) is 4.39 Å². The third-order valence-corrected chi connectivity index (χ3v) is 4.69. The predicted octanol–water partition coefficient (Wildman–Crippen LogP) is 0.872. The van der Waals surface area contributed by atoms with Crippen LogP contribution < -0.4 is 19.7 Å². The zero-order valence-corrected chi connectivity index (χ0v) is 12.9. The van der Waals surface area contributed by atoms with Gasteiger partial charge in [0.1, 0.15) is 18.0 Å². The van der Waals surface area contributed by atoms with Gasteiger partial charge in [-0.1, -0.05) is 0 Å². The fourth-order valence-electron chi connectivity index (χ4n) is 2.70. The molecule has 1 aromatic rings. The Bertz CT molecular complexity index is 543. The van der Waals surface area contributed by atoms with Crippen molar-refractivity contribution in [1.82, 2.24) is 15.4 Å². The third-order valence-electron chi connectivity index (χ3n) is 3.84. The van der Waals surface area contributed by atoms with Crippen molar-refractivity contribution >= 4 is 23.7 Å². The number of benzene rings is 1. The zero-order chi connectivity index (χ0) is 15.5. The number of amides is 1. The lowest BCUT2D eigenvalue weighted by Crippen LogP contribution is -2.39. The first kappa shape index (κ1) is 15.4. The van der Waals surface area contributed by atoms with Crippen molar-refractivity contribution in [2.75, 3.05) is 23.9 Å². The van der Waals surface area contributed by atoms with E-state index in [1.54, 1.807) is 6.07 Å². The fourth-order valence-corrected chi connectivity index (χ4v) is 3.43. The summed E-state index contributed by atoms with van der Waals surface area (Å²) >= 11 is 0.985. The van der Waals surface area contributed by atoms with Gasteiger partial charge in [0.05, 0.1) is 12.1 Å². The van der Waals surface area contributed by atoms with Gasteiger partial charge in [-0.05, 0) is 43.6 Å². The van der Waals surface area contributed by atoms with Crippen molar-refractivity contribution in [3.05, 3.63) is 23.5 Å². The molecule has 8 heteroatoms. The van der Waals surface area contributed by atoms with E-state index >= 15 is 0 Å². The number of aromatic hydroxyl groups is 1. The zero-order valence-electron chi connectivity index (χ0n) is 12.1. The Morgan fingerprint density at radius 2 is 2.18 bits per heavy atom. The minimum atomic E-state index is -0.522. The van der Waals surface area contributed by atoms with E-state index in [2.05, 4.69) is 15.4 Å². The van der Waals surface area contributed by atoms with Crippen LogP contribution in [-0.4, -0.2) is 36.7 Å². The van der Waals surface area contributed by atoms with Crippen LogP contribution in [0.3, 0.4) is 0 Å². The maximum atomic E-state index is 14.3. The van der Waals surface area contributed by atoms with Gasteiger partial charge in [0.2, 0.25) is 0 Å². The summed E-state index contributed by atoms with van der Waals surface area (Å²) in [4.78, 5) is 11.2. The van der Waals surface area contributed by atoms with Crippen LogP contribution in [0.1, 0.15) is 18.4 Å². The lowest BCUT2D eigenvalue weighted by molar-refractivity contribution is -0.117. The highest BCUT2D eigenvalue weighted by atomic mass is 32.2. The van der Waals surface area contributed by atoms with Crippen molar-refractivity contribution in [1.29, 1.82) is 0 Å². The van der Waals surface area contributed by atoms with Crippen LogP contribution in [0, 0.1) is 5.82 Å². The summed E-state index contributed by atoms with van der Waals surface area (Å²) in [5.74, 6) is -0.877. The van der Waals surface area contributed by atoms with E-state index in [4.69, 9.17) is 0 Å². The van der Waals surface area contributed by atoms with Gasteiger partial charge in [-0.2, -0.15) is 0 Å². The number of carbonyl (C=O) groups excluding carboxylic acids is 1. The van der Waals surface area contributed by atoms with Crippen LogP contribution in [0.25, 0.3) is 0 Å². The molecule has 6 nitrogen and oxygen atoms in total. The average molecular weight is 326 g/mol. The molecule has 0 aliphatic carbocycles. The van der Waals surface area contributed by atoms with E-state index in [0.717, 1.165) is 38.1 Å². The molecule has 0 unspecified atom stereocenters. The normalized spacial score (nSPS) is 19.5. The second-order valence-corrected chi connectivity index (χ2v) is 6.33. The summed E-state index contributed by atoms with van der Waals surface area (Å²) in [6.07, 6.45) is 2.09. The SMILES string of the molecule is O=C1CN(c2c(O)cc(CNC3CCNCC3)cc2F)SN1. The van der Waals surface area contributed by atoms with Gasteiger partial charge in [0, 0.05) is 12.6 Å². The number of anilines is 1. The van der Waals surface area contributed by atoms with E-state index in [0.29, 0.717) is 18.2 Å². The van der Waals surface area contributed by atoms with Gasteiger partial charge in [0.15, 0.2) is 5.82 Å². The highest BCUT2D eigenvalue weighted by Crippen LogP contribution is 2.36. The summed E-state index contributed by atoms with van der Waals surface area (Å²) in [6.45, 7) is 2.52. The first-order valence-electron chi connectivity index (χ1n) is 7.32. The Morgan fingerprint density at radius 3 is 2.82 bits per heavy atom. The smallest absolute Gasteiger partial charge is 0.251 e. The quantitative estimate of drug-likeness (QED) is 0.615. The molecule has 0 saturated carbocycles. The molecular formula is C14H19FN4O2S. The molecular weight excluding hydrogens is 307 g/mol. The van der Waals surface area contributed by atoms with E-state index in [1.807, 2.05) is 0 Å². The molecule has 2 aliphatic rings. The van der Waals surface area contributed by atoms with Gasteiger partial charge in [0.25, 0.3) is 5.91 Å². The van der Waals surface area contributed by atoms with Gasteiger partial charge in [-0.15, -0.1) is 0 Å². The molecule has 2 fully saturated rings. The van der Waals surface area contributed by atoms with E-state index in [9.17, 15) is 14.3 Å². The Morgan fingerprint density at radius 1 is 1.41 bits per heavy atom. The minimum Gasteiger partial charge on any atom is -0.506 e. The Kier molecular flexibility index (Phi) is 4.70. The third kappa shape index (κ3) is 3.45. The molecule has 2 heterocycles. The molecule has 1 aromatic carbocycles. The second-order valence-electron chi connectivity index (χ2n) is 5.50. The number of piperidine rings is 1. The monoisotopic (exact) mass is 326 g/mol. The largest absolute Gasteiger partial charge is 0.506 e. The second kappa shape index (κ2) is 6.72. The summed E-state index contributed by atoms with van der Waals surface area (Å²) in [5.41, 5.74) is 0.745. The number of nitrogens with zero attached hydrogens (tertiary/aromatic N) is 1. The number of phenolic OH excluding ortho intramolecular Hbond substituents is 1. The average Bonchev–Trinajstić information content (AvgIpc) is 2.92. The summed E-state index contributed by atoms with van der Waals surface area (Å²) in [7, 11) is 0. The maximum absolute atomic E-state index is 14.3. The number of nitrogens with one attached hydrogen (secondary N) is 3. The molecule has 0 atom stereocenters. The van der Waals surface area contributed by atoms with Crippen molar-refractivity contribution in [3.8, 4) is 5.75 Å². The number of phenols is 1. The topological polar surface area (TPSA) is 76.6 Å². The molecule has 0 bridgehead atoms.